The lowest BCUT2D eigenvalue weighted by Gasteiger charge is -2.22. The SMILES string of the molecule is CCCN(CC1CC1)C(=O)CCC1CCNC1. The molecule has 1 amide bonds. The van der Waals surface area contributed by atoms with E-state index < -0.39 is 0 Å². The lowest BCUT2D eigenvalue weighted by atomic mass is 10.0. The van der Waals surface area contributed by atoms with E-state index in [4.69, 9.17) is 0 Å². The number of nitrogens with zero attached hydrogens (tertiary/aromatic N) is 1. The van der Waals surface area contributed by atoms with Crippen molar-refractivity contribution in [1.82, 2.24) is 10.2 Å². The average Bonchev–Trinajstić information content (AvgIpc) is 2.99. The second kappa shape index (κ2) is 6.39. The maximum absolute atomic E-state index is 12.2. The van der Waals surface area contributed by atoms with Crippen molar-refractivity contribution in [2.45, 2.75) is 45.4 Å². The van der Waals surface area contributed by atoms with E-state index in [1.165, 1.54) is 19.3 Å². The highest BCUT2D eigenvalue weighted by Gasteiger charge is 2.26. The quantitative estimate of drug-likeness (QED) is 0.736. The third-order valence-electron chi connectivity index (χ3n) is 3.95. The van der Waals surface area contributed by atoms with E-state index in [-0.39, 0.29) is 0 Å². The Hall–Kier alpha value is -0.570. The molecule has 1 saturated carbocycles. The van der Waals surface area contributed by atoms with Gasteiger partial charge in [0.1, 0.15) is 0 Å². The Morgan fingerprint density at radius 2 is 2.12 bits per heavy atom. The highest BCUT2D eigenvalue weighted by atomic mass is 16.2. The van der Waals surface area contributed by atoms with Gasteiger partial charge < -0.3 is 10.2 Å². The van der Waals surface area contributed by atoms with Crippen molar-refractivity contribution < 1.29 is 4.79 Å². The van der Waals surface area contributed by atoms with Gasteiger partial charge in [-0.1, -0.05) is 6.92 Å². The predicted molar refractivity (Wildman–Crippen MR) is 69.8 cm³/mol. The summed E-state index contributed by atoms with van der Waals surface area (Å²) in [6.45, 7) is 6.39. The summed E-state index contributed by atoms with van der Waals surface area (Å²) in [4.78, 5) is 14.3. The van der Waals surface area contributed by atoms with E-state index in [2.05, 4.69) is 17.1 Å². The molecular weight excluding hydrogens is 212 g/mol. The van der Waals surface area contributed by atoms with Crippen LogP contribution >= 0.6 is 0 Å². The van der Waals surface area contributed by atoms with Crippen LogP contribution in [-0.4, -0.2) is 37.0 Å². The van der Waals surface area contributed by atoms with Crippen LogP contribution in [0.2, 0.25) is 0 Å². The molecule has 2 aliphatic rings. The molecule has 0 bridgehead atoms. The molecule has 1 saturated heterocycles. The number of carbonyl (C=O) groups excluding carboxylic acids is 1. The molecule has 1 N–H and O–H groups in total. The summed E-state index contributed by atoms with van der Waals surface area (Å²) in [5, 5.41) is 3.37. The first kappa shape index (κ1) is 12.9. The monoisotopic (exact) mass is 238 g/mol. The van der Waals surface area contributed by atoms with Gasteiger partial charge in [0.25, 0.3) is 0 Å². The van der Waals surface area contributed by atoms with E-state index in [1.807, 2.05) is 0 Å². The molecule has 1 heterocycles. The van der Waals surface area contributed by atoms with Crippen molar-refractivity contribution in [3.63, 3.8) is 0 Å². The first-order valence-corrected chi connectivity index (χ1v) is 7.28. The van der Waals surface area contributed by atoms with Crippen LogP contribution in [0.4, 0.5) is 0 Å². The number of hydrogen-bond acceptors (Lipinski definition) is 2. The molecule has 0 aromatic rings. The number of amides is 1. The highest BCUT2D eigenvalue weighted by Crippen LogP contribution is 2.30. The van der Waals surface area contributed by atoms with E-state index in [0.717, 1.165) is 57.3 Å². The molecule has 1 aliphatic heterocycles. The van der Waals surface area contributed by atoms with E-state index in [9.17, 15) is 4.79 Å². The molecule has 0 radical (unpaired) electrons. The largest absolute Gasteiger partial charge is 0.342 e. The van der Waals surface area contributed by atoms with Crippen molar-refractivity contribution in [2.24, 2.45) is 11.8 Å². The van der Waals surface area contributed by atoms with Gasteiger partial charge >= 0.3 is 0 Å². The summed E-state index contributed by atoms with van der Waals surface area (Å²) in [6.07, 6.45) is 6.85. The molecule has 3 heteroatoms. The number of nitrogens with one attached hydrogen (secondary N) is 1. The fraction of sp³-hybridized carbons (Fsp3) is 0.929. The fourth-order valence-corrected chi connectivity index (χ4v) is 2.65. The van der Waals surface area contributed by atoms with Crippen molar-refractivity contribution in [3.05, 3.63) is 0 Å². The van der Waals surface area contributed by atoms with Gasteiger partial charge in [-0.3, -0.25) is 4.79 Å². The summed E-state index contributed by atoms with van der Waals surface area (Å²) >= 11 is 0. The van der Waals surface area contributed by atoms with Crippen molar-refractivity contribution in [1.29, 1.82) is 0 Å². The Balaban J connectivity index is 1.69. The summed E-state index contributed by atoms with van der Waals surface area (Å²) in [5.74, 6) is 1.95. The summed E-state index contributed by atoms with van der Waals surface area (Å²) < 4.78 is 0. The van der Waals surface area contributed by atoms with E-state index in [1.54, 1.807) is 0 Å². The zero-order valence-electron chi connectivity index (χ0n) is 11.1. The summed E-state index contributed by atoms with van der Waals surface area (Å²) in [7, 11) is 0. The highest BCUT2D eigenvalue weighted by molar-refractivity contribution is 5.76. The molecule has 1 atom stereocenters. The van der Waals surface area contributed by atoms with Gasteiger partial charge in [-0.05, 0) is 57.0 Å². The zero-order chi connectivity index (χ0) is 12.1. The smallest absolute Gasteiger partial charge is 0.222 e. The Kier molecular flexibility index (Phi) is 4.84. The predicted octanol–water partition coefficient (Wildman–Crippen LogP) is 2.02. The Morgan fingerprint density at radius 3 is 2.71 bits per heavy atom. The molecular formula is C14H26N2O. The molecule has 2 rings (SSSR count). The minimum absolute atomic E-state index is 0.394. The van der Waals surface area contributed by atoms with Crippen LogP contribution in [0.5, 0.6) is 0 Å². The zero-order valence-corrected chi connectivity index (χ0v) is 11.1. The van der Waals surface area contributed by atoms with Crippen LogP contribution < -0.4 is 5.32 Å². The van der Waals surface area contributed by atoms with E-state index in [0.29, 0.717) is 5.91 Å². The van der Waals surface area contributed by atoms with E-state index >= 15 is 0 Å². The molecule has 98 valence electrons. The second-order valence-electron chi connectivity index (χ2n) is 5.68. The van der Waals surface area contributed by atoms with Gasteiger partial charge in [-0.2, -0.15) is 0 Å². The first-order chi connectivity index (χ1) is 8.29. The van der Waals surface area contributed by atoms with Crippen LogP contribution in [0.1, 0.15) is 45.4 Å². The third kappa shape index (κ3) is 4.30. The van der Waals surface area contributed by atoms with Crippen molar-refractivity contribution >= 4 is 5.91 Å². The van der Waals surface area contributed by atoms with Crippen LogP contribution in [0.15, 0.2) is 0 Å². The van der Waals surface area contributed by atoms with Gasteiger partial charge in [-0.25, -0.2) is 0 Å². The molecule has 1 aliphatic carbocycles. The van der Waals surface area contributed by atoms with Gasteiger partial charge in [-0.15, -0.1) is 0 Å². The van der Waals surface area contributed by atoms with Crippen LogP contribution in [0.3, 0.4) is 0 Å². The van der Waals surface area contributed by atoms with Crippen molar-refractivity contribution in [3.8, 4) is 0 Å². The minimum Gasteiger partial charge on any atom is -0.342 e. The Morgan fingerprint density at radius 1 is 1.29 bits per heavy atom. The molecule has 3 nitrogen and oxygen atoms in total. The average molecular weight is 238 g/mol. The molecule has 0 aromatic carbocycles. The number of carbonyl (C=O) groups is 1. The topological polar surface area (TPSA) is 32.3 Å². The second-order valence-corrected chi connectivity index (χ2v) is 5.68. The lowest BCUT2D eigenvalue weighted by Crippen LogP contribution is -2.33. The Bertz CT molecular complexity index is 245. The van der Waals surface area contributed by atoms with Gasteiger partial charge in [0.05, 0.1) is 0 Å². The molecule has 2 fully saturated rings. The Labute approximate surface area is 105 Å². The first-order valence-electron chi connectivity index (χ1n) is 7.28. The third-order valence-corrected chi connectivity index (χ3v) is 3.95. The lowest BCUT2D eigenvalue weighted by molar-refractivity contribution is -0.131. The van der Waals surface area contributed by atoms with Crippen molar-refractivity contribution in [2.75, 3.05) is 26.2 Å². The van der Waals surface area contributed by atoms with Crippen LogP contribution in [-0.2, 0) is 4.79 Å². The standard InChI is InChI=1S/C14H26N2O/c1-2-9-16(11-13-3-4-13)14(17)6-5-12-7-8-15-10-12/h12-13,15H,2-11H2,1H3. The molecule has 0 spiro atoms. The van der Waals surface area contributed by atoms with Gasteiger partial charge in [0, 0.05) is 19.5 Å². The van der Waals surface area contributed by atoms with Gasteiger partial charge in [0.15, 0.2) is 0 Å². The molecule has 1 unspecified atom stereocenters. The van der Waals surface area contributed by atoms with Crippen LogP contribution in [0.25, 0.3) is 0 Å². The minimum atomic E-state index is 0.394. The number of rotatable bonds is 7. The summed E-state index contributed by atoms with van der Waals surface area (Å²) in [5.41, 5.74) is 0. The summed E-state index contributed by atoms with van der Waals surface area (Å²) in [6, 6.07) is 0. The maximum atomic E-state index is 12.2. The fourth-order valence-electron chi connectivity index (χ4n) is 2.65. The molecule has 0 aromatic heterocycles. The molecule has 17 heavy (non-hydrogen) atoms. The normalized spacial score (nSPS) is 23.9. The van der Waals surface area contributed by atoms with Gasteiger partial charge in [0.2, 0.25) is 5.91 Å². The van der Waals surface area contributed by atoms with Crippen LogP contribution in [0, 0.1) is 11.8 Å². The number of hydrogen-bond donors (Lipinski definition) is 1. The maximum Gasteiger partial charge on any atom is 0.222 e.